The molecule has 1 aliphatic heterocycles. The monoisotopic (exact) mass is 266 g/mol. The van der Waals surface area contributed by atoms with E-state index in [0.717, 1.165) is 17.9 Å². The van der Waals surface area contributed by atoms with E-state index in [1.54, 1.807) is 0 Å². The molecule has 0 bridgehead atoms. The van der Waals surface area contributed by atoms with Crippen LogP contribution in [0.5, 0.6) is 0 Å². The van der Waals surface area contributed by atoms with Gasteiger partial charge in [0, 0.05) is 19.1 Å². The molecule has 1 saturated carbocycles. The van der Waals surface area contributed by atoms with E-state index >= 15 is 0 Å². The number of nitrogens with one attached hydrogen (secondary N) is 1. The molecule has 0 spiro atoms. The predicted molar refractivity (Wildman–Crippen MR) is 83.4 cm³/mol. The second-order valence-corrected chi connectivity index (χ2v) is 7.66. The lowest BCUT2D eigenvalue weighted by Crippen LogP contribution is -2.48. The van der Waals surface area contributed by atoms with Crippen LogP contribution in [0, 0.1) is 17.3 Å². The summed E-state index contributed by atoms with van der Waals surface area (Å²) in [7, 11) is 2.13. The second-order valence-electron chi connectivity index (χ2n) is 7.66. The molecule has 1 aliphatic carbocycles. The molecular weight excluding hydrogens is 232 g/mol. The van der Waals surface area contributed by atoms with Crippen LogP contribution in [0.25, 0.3) is 0 Å². The summed E-state index contributed by atoms with van der Waals surface area (Å²) < 4.78 is 0. The van der Waals surface area contributed by atoms with Gasteiger partial charge < -0.3 is 5.32 Å². The maximum absolute atomic E-state index is 3.49. The minimum Gasteiger partial charge on any atom is -0.319 e. The standard InChI is InChI=1S/C17H34N2/c1-14(2)16-8-6-10-19(16)13-17(12-18-4)9-5-7-15(3)11-17/h14-16,18H,5-13H2,1-4H3. The highest BCUT2D eigenvalue weighted by Crippen LogP contribution is 2.41. The first kappa shape index (κ1) is 15.3. The van der Waals surface area contributed by atoms with Crippen molar-refractivity contribution in [1.29, 1.82) is 0 Å². The van der Waals surface area contributed by atoms with Gasteiger partial charge in [0.05, 0.1) is 0 Å². The van der Waals surface area contributed by atoms with Crippen LogP contribution < -0.4 is 5.32 Å². The Bertz CT molecular complexity index is 272. The van der Waals surface area contributed by atoms with Crippen molar-refractivity contribution in [2.45, 2.75) is 65.3 Å². The van der Waals surface area contributed by atoms with Crippen molar-refractivity contribution in [3.63, 3.8) is 0 Å². The van der Waals surface area contributed by atoms with Crippen LogP contribution in [0.4, 0.5) is 0 Å². The normalized spacial score (nSPS) is 37.1. The van der Waals surface area contributed by atoms with Gasteiger partial charge in [-0.15, -0.1) is 0 Å². The van der Waals surface area contributed by atoms with E-state index in [2.05, 4.69) is 38.0 Å². The summed E-state index contributed by atoms with van der Waals surface area (Å²) in [4.78, 5) is 2.82. The highest BCUT2D eigenvalue weighted by Gasteiger charge is 2.39. The van der Waals surface area contributed by atoms with Gasteiger partial charge in [-0.2, -0.15) is 0 Å². The first-order valence-electron chi connectivity index (χ1n) is 8.45. The topological polar surface area (TPSA) is 15.3 Å². The Balaban J connectivity index is 2.03. The van der Waals surface area contributed by atoms with Gasteiger partial charge in [-0.05, 0) is 56.5 Å². The van der Waals surface area contributed by atoms with Crippen molar-refractivity contribution in [3.05, 3.63) is 0 Å². The van der Waals surface area contributed by atoms with Crippen LogP contribution in [0.2, 0.25) is 0 Å². The highest BCUT2D eigenvalue weighted by molar-refractivity contribution is 4.93. The molecule has 2 fully saturated rings. The second kappa shape index (κ2) is 6.58. The first-order valence-corrected chi connectivity index (χ1v) is 8.45. The molecule has 1 N–H and O–H groups in total. The summed E-state index contributed by atoms with van der Waals surface area (Å²) >= 11 is 0. The Morgan fingerprint density at radius 3 is 2.68 bits per heavy atom. The Labute approximate surface area is 120 Å². The fraction of sp³-hybridized carbons (Fsp3) is 1.00. The summed E-state index contributed by atoms with van der Waals surface area (Å²) in [6.07, 6.45) is 8.56. The maximum Gasteiger partial charge on any atom is 0.0119 e. The summed E-state index contributed by atoms with van der Waals surface area (Å²) in [6.45, 7) is 11.1. The van der Waals surface area contributed by atoms with Crippen molar-refractivity contribution in [1.82, 2.24) is 10.2 Å². The summed E-state index contributed by atoms with van der Waals surface area (Å²) in [5.74, 6) is 1.73. The fourth-order valence-electron chi connectivity index (χ4n) is 4.74. The van der Waals surface area contributed by atoms with Crippen LogP contribution in [-0.4, -0.2) is 37.6 Å². The summed E-state index contributed by atoms with van der Waals surface area (Å²) in [5, 5.41) is 3.49. The SMILES string of the molecule is CNCC1(CN2CCCC2C(C)C)CCCC(C)C1. The quantitative estimate of drug-likeness (QED) is 0.819. The largest absolute Gasteiger partial charge is 0.319 e. The number of hydrogen-bond donors (Lipinski definition) is 1. The third kappa shape index (κ3) is 3.72. The Kier molecular flexibility index (Phi) is 5.30. The van der Waals surface area contributed by atoms with Gasteiger partial charge in [-0.1, -0.05) is 33.6 Å². The lowest BCUT2D eigenvalue weighted by atomic mass is 9.69. The van der Waals surface area contributed by atoms with Gasteiger partial charge >= 0.3 is 0 Å². The van der Waals surface area contributed by atoms with Crippen LogP contribution in [0.15, 0.2) is 0 Å². The van der Waals surface area contributed by atoms with E-state index in [-0.39, 0.29) is 0 Å². The van der Waals surface area contributed by atoms with Gasteiger partial charge in [0.2, 0.25) is 0 Å². The van der Waals surface area contributed by atoms with Crippen LogP contribution in [0.3, 0.4) is 0 Å². The van der Waals surface area contributed by atoms with Crippen molar-refractivity contribution in [2.24, 2.45) is 17.3 Å². The van der Waals surface area contributed by atoms with E-state index in [1.807, 2.05) is 0 Å². The molecule has 2 nitrogen and oxygen atoms in total. The predicted octanol–water partition coefficient (Wildman–Crippen LogP) is 3.52. The molecule has 1 heterocycles. The summed E-state index contributed by atoms with van der Waals surface area (Å²) in [6, 6.07) is 0.839. The molecule has 0 radical (unpaired) electrons. The number of likely N-dealkylation sites (tertiary alicyclic amines) is 1. The zero-order valence-corrected chi connectivity index (χ0v) is 13.5. The van der Waals surface area contributed by atoms with Crippen LogP contribution in [-0.2, 0) is 0 Å². The fourth-order valence-corrected chi connectivity index (χ4v) is 4.74. The van der Waals surface area contributed by atoms with Crippen molar-refractivity contribution in [2.75, 3.05) is 26.7 Å². The third-order valence-electron chi connectivity index (χ3n) is 5.46. The maximum atomic E-state index is 3.49. The average Bonchev–Trinajstić information content (AvgIpc) is 2.77. The molecule has 112 valence electrons. The minimum atomic E-state index is 0.546. The molecule has 0 aromatic carbocycles. The first-order chi connectivity index (χ1) is 9.06. The Hall–Kier alpha value is -0.0800. The van der Waals surface area contributed by atoms with E-state index in [9.17, 15) is 0 Å². The average molecular weight is 266 g/mol. The highest BCUT2D eigenvalue weighted by atomic mass is 15.2. The molecule has 2 aliphatic rings. The lowest BCUT2D eigenvalue weighted by Gasteiger charge is -2.44. The molecule has 1 saturated heterocycles. The molecule has 3 unspecified atom stereocenters. The molecule has 0 aromatic heterocycles. The van der Waals surface area contributed by atoms with Gasteiger partial charge in [-0.25, -0.2) is 0 Å². The molecule has 2 heteroatoms. The van der Waals surface area contributed by atoms with E-state index in [1.165, 1.54) is 58.2 Å². The zero-order valence-electron chi connectivity index (χ0n) is 13.5. The van der Waals surface area contributed by atoms with Crippen molar-refractivity contribution < 1.29 is 0 Å². The van der Waals surface area contributed by atoms with Gasteiger partial charge in [0.15, 0.2) is 0 Å². The number of rotatable bonds is 5. The van der Waals surface area contributed by atoms with E-state index in [4.69, 9.17) is 0 Å². The van der Waals surface area contributed by atoms with Gasteiger partial charge in [0.1, 0.15) is 0 Å². The minimum absolute atomic E-state index is 0.546. The lowest BCUT2D eigenvalue weighted by molar-refractivity contribution is 0.0656. The van der Waals surface area contributed by atoms with E-state index in [0.29, 0.717) is 5.41 Å². The van der Waals surface area contributed by atoms with Crippen LogP contribution >= 0.6 is 0 Å². The van der Waals surface area contributed by atoms with Crippen LogP contribution in [0.1, 0.15) is 59.3 Å². The molecule has 3 atom stereocenters. The molecular formula is C17H34N2. The molecule has 2 rings (SSSR count). The van der Waals surface area contributed by atoms with E-state index < -0.39 is 0 Å². The Morgan fingerprint density at radius 1 is 1.26 bits per heavy atom. The van der Waals surface area contributed by atoms with Crippen molar-refractivity contribution >= 4 is 0 Å². The molecule has 0 amide bonds. The smallest absolute Gasteiger partial charge is 0.0119 e. The molecule has 19 heavy (non-hydrogen) atoms. The molecule has 0 aromatic rings. The number of hydrogen-bond acceptors (Lipinski definition) is 2. The van der Waals surface area contributed by atoms with Gasteiger partial charge in [-0.3, -0.25) is 4.90 Å². The Morgan fingerprint density at radius 2 is 2.05 bits per heavy atom. The zero-order chi connectivity index (χ0) is 13.9. The van der Waals surface area contributed by atoms with Crippen molar-refractivity contribution in [3.8, 4) is 0 Å². The van der Waals surface area contributed by atoms with Gasteiger partial charge in [0.25, 0.3) is 0 Å². The number of nitrogens with zero attached hydrogens (tertiary/aromatic N) is 1. The summed E-state index contributed by atoms with van der Waals surface area (Å²) in [5.41, 5.74) is 0.546. The third-order valence-corrected chi connectivity index (χ3v) is 5.46.